The lowest BCUT2D eigenvalue weighted by Gasteiger charge is -2.42. The molecule has 2 aromatic rings. The lowest BCUT2D eigenvalue weighted by molar-refractivity contribution is -0.118. The Morgan fingerprint density at radius 3 is 2.84 bits per heavy atom. The van der Waals surface area contributed by atoms with Gasteiger partial charge in [-0.15, -0.1) is 10.2 Å². The number of halogens is 1. The standard InChI is InChI=1S/C23H24FN5OS2/c1-4-8-31-22-28-27-21(32-22)29-16-10-23(2,3)11-17(30)19(16)18(15(12-25)20(29)26)13-6-5-7-14(24)9-13/h5-7,9,18H,4,8,10-11,26H2,1-3H3. The molecule has 2 heterocycles. The second kappa shape index (κ2) is 8.68. The van der Waals surface area contributed by atoms with Gasteiger partial charge in [-0.05, 0) is 36.0 Å². The van der Waals surface area contributed by atoms with Gasteiger partial charge in [0.2, 0.25) is 5.13 Å². The maximum atomic E-state index is 14.1. The molecule has 1 aromatic carbocycles. The van der Waals surface area contributed by atoms with Crippen molar-refractivity contribution in [3.8, 4) is 6.07 Å². The number of hydrogen-bond donors (Lipinski definition) is 1. The van der Waals surface area contributed by atoms with E-state index in [-0.39, 0.29) is 22.6 Å². The molecule has 0 spiro atoms. The molecule has 166 valence electrons. The zero-order valence-corrected chi connectivity index (χ0v) is 19.8. The predicted molar refractivity (Wildman–Crippen MR) is 124 cm³/mol. The van der Waals surface area contributed by atoms with E-state index in [4.69, 9.17) is 5.73 Å². The van der Waals surface area contributed by atoms with E-state index in [2.05, 4.69) is 23.2 Å². The number of ketones is 1. The first-order valence-corrected chi connectivity index (χ1v) is 12.2. The number of rotatable bonds is 5. The molecule has 0 saturated carbocycles. The van der Waals surface area contributed by atoms with Crippen molar-refractivity contribution < 1.29 is 9.18 Å². The van der Waals surface area contributed by atoms with Crippen molar-refractivity contribution in [1.29, 1.82) is 5.26 Å². The van der Waals surface area contributed by atoms with Crippen molar-refractivity contribution in [1.82, 2.24) is 10.2 Å². The number of hydrogen-bond acceptors (Lipinski definition) is 8. The van der Waals surface area contributed by atoms with Crippen LogP contribution in [0.15, 0.2) is 51.3 Å². The van der Waals surface area contributed by atoms with Gasteiger partial charge in [-0.25, -0.2) is 4.39 Å². The quantitative estimate of drug-likeness (QED) is 0.607. The molecule has 2 aliphatic rings. The Labute approximate surface area is 195 Å². The summed E-state index contributed by atoms with van der Waals surface area (Å²) in [6, 6.07) is 8.22. The summed E-state index contributed by atoms with van der Waals surface area (Å²) in [6.45, 7) is 6.16. The van der Waals surface area contributed by atoms with Crippen LogP contribution in [0.3, 0.4) is 0 Å². The second-order valence-electron chi connectivity index (χ2n) is 8.73. The van der Waals surface area contributed by atoms with E-state index in [1.54, 1.807) is 28.8 Å². The number of carbonyl (C=O) groups excluding carboxylic acids is 1. The van der Waals surface area contributed by atoms with Crippen LogP contribution in [-0.4, -0.2) is 21.7 Å². The highest BCUT2D eigenvalue weighted by Gasteiger charge is 2.45. The molecule has 0 amide bonds. The van der Waals surface area contributed by atoms with Crippen LogP contribution in [0.1, 0.15) is 51.5 Å². The van der Waals surface area contributed by atoms with E-state index in [0.29, 0.717) is 29.1 Å². The molecule has 6 nitrogen and oxygen atoms in total. The molecule has 1 unspecified atom stereocenters. The number of anilines is 1. The Morgan fingerprint density at radius 2 is 2.16 bits per heavy atom. The number of nitrogens with two attached hydrogens (primary N) is 1. The summed E-state index contributed by atoms with van der Waals surface area (Å²) in [4.78, 5) is 15.1. The lowest BCUT2D eigenvalue weighted by Crippen LogP contribution is -2.42. The first-order valence-electron chi connectivity index (χ1n) is 10.4. The molecule has 0 fully saturated rings. The van der Waals surface area contributed by atoms with Crippen LogP contribution in [0, 0.1) is 22.6 Å². The van der Waals surface area contributed by atoms with Crippen molar-refractivity contribution in [2.24, 2.45) is 11.1 Å². The minimum Gasteiger partial charge on any atom is -0.384 e. The number of nitriles is 1. The van der Waals surface area contributed by atoms with Crippen LogP contribution in [0.2, 0.25) is 0 Å². The van der Waals surface area contributed by atoms with Crippen LogP contribution in [0.5, 0.6) is 0 Å². The molecule has 0 saturated heterocycles. The molecule has 1 aliphatic carbocycles. The molecule has 32 heavy (non-hydrogen) atoms. The molecule has 1 atom stereocenters. The Morgan fingerprint density at radius 1 is 1.38 bits per heavy atom. The third-order valence-corrected chi connectivity index (χ3v) is 7.83. The fourth-order valence-corrected chi connectivity index (χ4v) is 6.09. The van der Waals surface area contributed by atoms with Crippen molar-refractivity contribution in [2.45, 2.75) is 50.3 Å². The van der Waals surface area contributed by atoms with Crippen LogP contribution >= 0.6 is 23.1 Å². The van der Waals surface area contributed by atoms with Crippen LogP contribution in [0.25, 0.3) is 0 Å². The molecular weight excluding hydrogens is 445 g/mol. The average molecular weight is 470 g/mol. The minimum absolute atomic E-state index is 0.0548. The number of benzene rings is 1. The summed E-state index contributed by atoms with van der Waals surface area (Å²) in [5, 5.41) is 19.2. The third-order valence-electron chi connectivity index (χ3n) is 5.58. The average Bonchev–Trinajstić information content (AvgIpc) is 3.18. The smallest absolute Gasteiger partial charge is 0.219 e. The summed E-state index contributed by atoms with van der Waals surface area (Å²) in [7, 11) is 0. The van der Waals surface area contributed by atoms with Gasteiger partial charge in [0.1, 0.15) is 11.6 Å². The molecular formula is C23H24FN5OS2. The number of allylic oxidation sites excluding steroid dienone is 3. The summed E-state index contributed by atoms with van der Waals surface area (Å²) in [5.74, 6) is -0.0412. The zero-order valence-electron chi connectivity index (χ0n) is 18.2. The van der Waals surface area contributed by atoms with Gasteiger partial charge in [0.15, 0.2) is 10.1 Å². The number of aromatic nitrogens is 2. The van der Waals surface area contributed by atoms with Gasteiger partial charge in [0.25, 0.3) is 0 Å². The Bertz CT molecular complexity index is 1180. The molecule has 0 radical (unpaired) electrons. The Hall–Kier alpha value is -2.70. The highest BCUT2D eigenvalue weighted by molar-refractivity contribution is 8.01. The van der Waals surface area contributed by atoms with Gasteiger partial charge in [-0.1, -0.05) is 56.0 Å². The normalized spacial score (nSPS) is 20.4. The van der Waals surface area contributed by atoms with Crippen LogP contribution < -0.4 is 10.6 Å². The first kappa shape index (κ1) is 22.5. The van der Waals surface area contributed by atoms with Gasteiger partial charge in [-0.3, -0.25) is 9.69 Å². The maximum absolute atomic E-state index is 14.1. The van der Waals surface area contributed by atoms with Gasteiger partial charge in [-0.2, -0.15) is 5.26 Å². The van der Waals surface area contributed by atoms with E-state index in [1.807, 2.05) is 13.8 Å². The van der Waals surface area contributed by atoms with Gasteiger partial charge < -0.3 is 5.73 Å². The SMILES string of the molecule is CCCSc1nnc(N2C(N)=C(C#N)C(c3cccc(F)c3)C3=C2CC(C)(C)CC3=O)s1. The number of Topliss-reactive ketones (excluding diaryl/α,β-unsaturated/α-hetero) is 1. The van der Waals surface area contributed by atoms with Gasteiger partial charge >= 0.3 is 0 Å². The maximum Gasteiger partial charge on any atom is 0.219 e. The second-order valence-corrected chi connectivity index (χ2v) is 11.0. The van der Waals surface area contributed by atoms with E-state index in [0.717, 1.165) is 22.2 Å². The highest BCUT2D eigenvalue weighted by Crippen LogP contribution is 2.50. The number of thioether (sulfide) groups is 1. The summed E-state index contributed by atoms with van der Waals surface area (Å²) in [6.07, 6.45) is 1.94. The number of nitrogens with zero attached hydrogens (tertiary/aromatic N) is 4. The summed E-state index contributed by atoms with van der Waals surface area (Å²) < 4.78 is 14.9. The summed E-state index contributed by atoms with van der Waals surface area (Å²) in [5.41, 5.74) is 8.26. The molecule has 4 rings (SSSR count). The van der Waals surface area contributed by atoms with Gasteiger partial charge in [0.05, 0.1) is 17.6 Å². The van der Waals surface area contributed by atoms with Crippen molar-refractivity contribution in [2.75, 3.05) is 10.7 Å². The fourth-order valence-electron chi connectivity index (χ4n) is 4.29. The monoisotopic (exact) mass is 469 g/mol. The van der Waals surface area contributed by atoms with E-state index in [9.17, 15) is 14.4 Å². The molecule has 0 bridgehead atoms. The Kier molecular flexibility index (Phi) is 6.10. The molecule has 9 heteroatoms. The van der Waals surface area contributed by atoms with Gasteiger partial charge in [0, 0.05) is 23.4 Å². The zero-order chi connectivity index (χ0) is 23.0. The Balaban J connectivity index is 1.91. The molecule has 2 N–H and O–H groups in total. The molecule has 1 aromatic heterocycles. The number of carbonyl (C=O) groups is 1. The molecule has 1 aliphatic heterocycles. The predicted octanol–water partition coefficient (Wildman–Crippen LogP) is 5.12. The van der Waals surface area contributed by atoms with E-state index < -0.39 is 11.7 Å². The van der Waals surface area contributed by atoms with E-state index >= 15 is 0 Å². The fraction of sp³-hybridized carbons (Fsp3) is 0.391. The van der Waals surface area contributed by atoms with Crippen molar-refractivity contribution in [3.05, 3.63) is 58.3 Å². The topological polar surface area (TPSA) is 95.9 Å². The van der Waals surface area contributed by atoms with Crippen molar-refractivity contribution in [3.63, 3.8) is 0 Å². The summed E-state index contributed by atoms with van der Waals surface area (Å²) >= 11 is 3.00. The first-order chi connectivity index (χ1) is 15.3. The minimum atomic E-state index is -0.701. The third kappa shape index (κ3) is 4.05. The van der Waals surface area contributed by atoms with Crippen LogP contribution in [0.4, 0.5) is 9.52 Å². The highest BCUT2D eigenvalue weighted by atomic mass is 32.2. The lowest BCUT2D eigenvalue weighted by atomic mass is 9.68. The van der Waals surface area contributed by atoms with Crippen molar-refractivity contribution >= 4 is 34.0 Å². The van der Waals surface area contributed by atoms with Crippen LogP contribution in [-0.2, 0) is 4.79 Å². The van der Waals surface area contributed by atoms with E-state index in [1.165, 1.54) is 23.5 Å². The largest absolute Gasteiger partial charge is 0.384 e.